The standard InChI is InChI=1S/C21H42ClNO5.CH2O2/c1-3-10-21(24-2)28-16-9-8-15-25-17-12-23-13-18-27-20-19-26-14-7-5-4-6-11-22;2-1-3/h8-9,21,23H,3-7,10-20H2,1-2H3;1H,(H,2,3)/b9-8+;. The molecule has 0 saturated carbocycles. The van der Waals surface area contributed by atoms with Gasteiger partial charge in [-0.05, 0) is 19.3 Å². The zero-order chi connectivity index (χ0) is 23.3. The van der Waals surface area contributed by atoms with E-state index < -0.39 is 0 Å². The molecule has 186 valence electrons. The van der Waals surface area contributed by atoms with E-state index in [0.29, 0.717) is 39.6 Å². The molecule has 31 heavy (non-hydrogen) atoms. The van der Waals surface area contributed by atoms with Crippen LogP contribution in [0.3, 0.4) is 0 Å². The minimum atomic E-state index is -0.250. The van der Waals surface area contributed by atoms with E-state index in [-0.39, 0.29) is 12.8 Å². The molecule has 0 spiro atoms. The van der Waals surface area contributed by atoms with Gasteiger partial charge in [0, 0.05) is 32.7 Å². The molecule has 0 saturated heterocycles. The average molecular weight is 470 g/mol. The average Bonchev–Trinajstić information content (AvgIpc) is 2.77. The highest BCUT2D eigenvalue weighted by atomic mass is 35.5. The van der Waals surface area contributed by atoms with E-state index in [0.717, 1.165) is 51.3 Å². The van der Waals surface area contributed by atoms with Gasteiger partial charge in [0.05, 0.1) is 39.6 Å². The Bertz CT molecular complexity index is 363. The molecule has 0 radical (unpaired) electrons. The number of methoxy groups -OCH3 is 1. The number of halogens is 1. The number of rotatable bonds is 23. The summed E-state index contributed by atoms with van der Waals surface area (Å²) in [5.74, 6) is 0.760. The third kappa shape index (κ3) is 31.5. The molecule has 0 aliphatic heterocycles. The van der Waals surface area contributed by atoms with E-state index in [1.54, 1.807) is 7.11 Å². The molecule has 0 aromatic heterocycles. The quantitative estimate of drug-likeness (QED) is 0.0772. The highest BCUT2D eigenvalue weighted by Gasteiger charge is 2.03. The Balaban J connectivity index is 0. The van der Waals surface area contributed by atoms with Crippen LogP contribution in [-0.2, 0) is 28.5 Å². The van der Waals surface area contributed by atoms with Gasteiger partial charge in [0.2, 0.25) is 0 Å². The Labute approximate surface area is 193 Å². The van der Waals surface area contributed by atoms with Crippen LogP contribution in [0.2, 0.25) is 0 Å². The third-order valence-corrected chi connectivity index (χ3v) is 4.20. The second-order valence-corrected chi connectivity index (χ2v) is 6.89. The largest absolute Gasteiger partial charge is 0.483 e. The molecule has 0 aromatic rings. The van der Waals surface area contributed by atoms with Gasteiger partial charge >= 0.3 is 0 Å². The highest BCUT2D eigenvalue weighted by molar-refractivity contribution is 6.17. The van der Waals surface area contributed by atoms with Crippen LogP contribution in [0.25, 0.3) is 0 Å². The zero-order valence-electron chi connectivity index (χ0n) is 19.4. The monoisotopic (exact) mass is 469 g/mol. The minimum absolute atomic E-state index is 0.111. The molecule has 0 aromatic carbocycles. The molecule has 9 heteroatoms. The lowest BCUT2D eigenvalue weighted by Gasteiger charge is -2.13. The normalized spacial score (nSPS) is 12.0. The number of ether oxygens (including phenoxy) is 5. The van der Waals surface area contributed by atoms with Gasteiger partial charge in [0.25, 0.3) is 6.47 Å². The van der Waals surface area contributed by atoms with Crippen molar-refractivity contribution in [2.75, 3.05) is 72.3 Å². The summed E-state index contributed by atoms with van der Waals surface area (Å²) >= 11 is 5.63. The van der Waals surface area contributed by atoms with Gasteiger partial charge in [-0.1, -0.05) is 38.3 Å². The first kappa shape index (κ1) is 32.4. The Morgan fingerprint density at radius 1 is 0.903 bits per heavy atom. The number of alkyl halides is 1. The lowest BCUT2D eigenvalue weighted by molar-refractivity contribution is -0.122. The highest BCUT2D eigenvalue weighted by Crippen LogP contribution is 2.02. The van der Waals surface area contributed by atoms with Crippen molar-refractivity contribution in [1.29, 1.82) is 0 Å². The topological polar surface area (TPSA) is 95.5 Å². The summed E-state index contributed by atoms with van der Waals surface area (Å²) in [7, 11) is 1.67. The van der Waals surface area contributed by atoms with Gasteiger partial charge < -0.3 is 34.1 Å². The summed E-state index contributed by atoms with van der Waals surface area (Å²) < 4.78 is 27.3. The predicted molar refractivity (Wildman–Crippen MR) is 124 cm³/mol. The Morgan fingerprint density at radius 2 is 1.52 bits per heavy atom. The Kier molecular flexibility index (Phi) is 32.9. The maximum absolute atomic E-state index is 8.36. The number of hydrogen-bond acceptors (Lipinski definition) is 7. The van der Waals surface area contributed by atoms with Gasteiger partial charge in [-0.2, -0.15) is 0 Å². The van der Waals surface area contributed by atoms with Gasteiger partial charge in [0.15, 0.2) is 6.29 Å². The SMILES string of the molecule is CCCC(OC)OC/C=C/COCCNCCOCCOCCCCCCCl.O=CO. The van der Waals surface area contributed by atoms with E-state index >= 15 is 0 Å². The zero-order valence-corrected chi connectivity index (χ0v) is 20.2. The minimum Gasteiger partial charge on any atom is -0.483 e. The third-order valence-electron chi connectivity index (χ3n) is 3.94. The number of carbonyl (C=O) groups is 1. The molecule has 0 rings (SSSR count). The smallest absolute Gasteiger partial charge is 0.290 e. The van der Waals surface area contributed by atoms with Crippen LogP contribution < -0.4 is 5.32 Å². The molecule has 8 nitrogen and oxygen atoms in total. The van der Waals surface area contributed by atoms with Crippen molar-refractivity contribution in [1.82, 2.24) is 5.32 Å². The summed E-state index contributed by atoms with van der Waals surface area (Å²) in [6.45, 7) is 8.13. The van der Waals surface area contributed by atoms with Crippen LogP contribution in [0.5, 0.6) is 0 Å². The fraction of sp³-hybridized carbons (Fsp3) is 0.864. The van der Waals surface area contributed by atoms with Crippen molar-refractivity contribution in [3.8, 4) is 0 Å². The Hall–Kier alpha value is -0.740. The fourth-order valence-electron chi connectivity index (χ4n) is 2.34. The Morgan fingerprint density at radius 3 is 2.16 bits per heavy atom. The summed E-state index contributed by atoms with van der Waals surface area (Å²) in [6, 6.07) is 0. The van der Waals surface area contributed by atoms with Gasteiger partial charge in [-0.25, -0.2) is 0 Å². The molecule has 0 amide bonds. The maximum atomic E-state index is 8.36. The van der Waals surface area contributed by atoms with Crippen molar-refractivity contribution in [3.63, 3.8) is 0 Å². The van der Waals surface area contributed by atoms with Crippen molar-refractivity contribution in [2.24, 2.45) is 0 Å². The van der Waals surface area contributed by atoms with Crippen LogP contribution >= 0.6 is 11.6 Å². The number of hydrogen-bond donors (Lipinski definition) is 2. The van der Waals surface area contributed by atoms with E-state index in [9.17, 15) is 0 Å². The van der Waals surface area contributed by atoms with Crippen molar-refractivity contribution < 1.29 is 33.6 Å². The molecular formula is C22H44ClNO7. The molecule has 0 heterocycles. The molecular weight excluding hydrogens is 426 g/mol. The van der Waals surface area contributed by atoms with E-state index in [4.69, 9.17) is 45.2 Å². The first-order valence-electron chi connectivity index (χ1n) is 11.1. The number of unbranched alkanes of at least 4 members (excludes halogenated alkanes) is 3. The first-order chi connectivity index (χ1) is 15.3. The first-order valence-corrected chi connectivity index (χ1v) is 11.7. The summed E-state index contributed by atoms with van der Waals surface area (Å²) in [5.41, 5.74) is 0. The maximum Gasteiger partial charge on any atom is 0.290 e. The van der Waals surface area contributed by atoms with Crippen molar-refractivity contribution in [2.45, 2.75) is 51.7 Å². The van der Waals surface area contributed by atoms with Gasteiger partial charge in [-0.3, -0.25) is 4.79 Å². The number of nitrogens with one attached hydrogen (secondary N) is 1. The molecule has 0 aliphatic rings. The fourth-order valence-corrected chi connectivity index (χ4v) is 2.53. The molecule has 0 fully saturated rings. The van der Waals surface area contributed by atoms with Crippen LogP contribution in [0.4, 0.5) is 0 Å². The van der Waals surface area contributed by atoms with E-state index in [1.165, 1.54) is 12.8 Å². The number of carboxylic acid groups (broad SMARTS) is 1. The van der Waals surface area contributed by atoms with Crippen LogP contribution in [-0.4, -0.2) is 90.2 Å². The second-order valence-electron chi connectivity index (χ2n) is 6.52. The summed E-state index contributed by atoms with van der Waals surface area (Å²) in [4.78, 5) is 8.36. The van der Waals surface area contributed by atoms with Crippen molar-refractivity contribution in [3.05, 3.63) is 12.2 Å². The van der Waals surface area contributed by atoms with Crippen LogP contribution in [0, 0.1) is 0 Å². The molecule has 2 N–H and O–H groups in total. The molecule has 0 bridgehead atoms. The van der Waals surface area contributed by atoms with Crippen LogP contribution in [0.15, 0.2) is 12.2 Å². The van der Waals surface area contributed by atoms with Crippen molar-refractivity contribution >= 4 is 18.1 Å². The van der Waals surface area contributed by atoms with E-state index in [2.05, 4.69) is 12.2 Å². The molecule has 1 unspecified atom stereocenters. The van der Waals surface area contributed by atoms with Gasteiger partial charge in [0.1, 0.15) is 0 Å². The second kappa shape index (κ2) is 31.4. The predicted octanol–water partition coefficient (Wildman–Crippen LogP) is 3.47. The lowest BCUT2D eigenvalue weighted by Crippen LogP contribution is -2.24. The molecule has 1 atom stereocenters. The summed E-state index contributed by atoms with van der Waals surface area (Å²) in [6.07, 6.45) is 10.4. The summed E-state index contributed by atoms with van der Waals surface area (Å²) in [5, 5.41) is 10.2. The van der Waals surface area contributed by atoms with Gasteiger partial charge in [-0.15, -0.1) is 11.6 Å². The molecule has 0 aliphatic carbocycles. The lowest BCUT2D eigenvalue weighted by atomic mass is 10.2. The van der Waals surface area contributed by atoms with Crippen LogP contribution in [0.1, 0.15) is 45.4 Å². The van der Waals surface area contributed by atoms with E-state index in [1.807, 2.05) is 12.2 Å².